The van der Waals surface area contributed by atoms with Gasteiger partial charge in [0, 0.05) is 0 Å². The topological polar surface area (TPSA) is 26.0 Å². The SMILES string of the molecule is CC.CC.CC.CC(C)CCCCCCCCCCC(C)C.CCC.CCC(C)CC.CCCC(C)C.CN. The van der Waals surface area contributed by atoms with Crippen LogP contribution in [0.3, 0.4) is 0 Å². The summed E-state index contributed by atoms with van der Waals surface area (Å²) in [7, 11) is 1.50. The molecule has 0 aliphatic carbocycles. The fourth-order valence-corrected chi connectivity index (χ4v) is 3.03. The summed E-state index contributed by atoms with van der Waals surface area (Å²) in [5, 5.41) is 0. The Kier molecular flexibility index (Phi) is 107. The molecule has 0 unspecified atom stereocenters. The Balaban J connectivity index is -0.0000000578. The highest BCUT2D eigenvalue weighted by Crippen LogP contribution is 2.14. The van der Waals surface area contributed by atoms with Gasteiger partial charge in [0.15, 0.2) is 0 Å². The highest BCUT2D eigenvalue weighted by molar-refractivity contribution is 4.51. The highest BCUT2D eigenvalue weighted by atomic mass is 14.4. The van der Waals surface area contributed by atoms with Gasteiger partial charge in [0.1, 0.15) is 0 Å². The lowest BCUT2D eigenvalue weighted by molar-refractivity contribution is 0.492. The normalized spacial score (nSPS) is 8.92. The smallest absolute Gasteiger partial charge is 0.0195 e. The zero-order valence-electron chi connectivity index (χ0n) is 32.5. The highest BCUT2D eigenvalue weighted by Gasteiger charge is 1.96. The summed E-state index contributed by atoms with van der Waals surface area (Å²) in [5.41, 5.74) is 4.50. The van der Waals surface area contributed by atoms with E-state index in [0.717, 1.165) is 23.7 Å². The summed E-state index contributed by atoms with van der Waals surface area (Å²) >= 11 is 0. The molecule has 0 saturated carbocycles. The second kappa shape index (κ2) is 71.3. The lowest BCUT2D eigenvalue weighted by Gasteiger charge is -2.05. The van der Waals surface area contributed by atoms with E-state index in [1.165, 1.54) is 103 Å². The van der Waals surface area contributed by atoms with Gasteiger partial charge in [-0.05, 0) is 30.7 Å². The first-order chi connectivity index (χ1) is 18.6. The Morgan fingerprint density at radius 1 is 0.385 bits per heavy atom. The molecule has 0 saturated heterocycles. The molecule has 1 nitrogen and oxygen atoms in total. The van der Waals surface area contributed by atoms with Crippen LogP contribution in [0.4, 0.5) is 0 Å². The Hall–Kier alpha value is -0.0400. The molecule has 0 fully saturated rings. The average Bonchev–Trinajstić information content (AvgIpc) is 2.94. The molecule has 250 valence electrons. The monoisotopic (exact) mass is 564 g/mol. The van der Waals surface area contributed by atoms with Gasteiger partial charge in [0.25, 0.3) is 0 Å². The molecule has 0 aliphatic heterocycles. The number of unbranched alkanes of at least 4 members (excludes halogenated alkanes) is 7. The summed E-state index contributed by atoms with van der Waals surface area (Å²) in [6.07, 6.45) is 21.2. The van der Waals surface area contributed by atoms with Crippen LogP contribution in [0, 0.1) is 23.7 Å². The van der Waals surface area contributed by atoms with E-state index in [0.29, 0.717) is 0 Å². The van der Waals surface area contributed by atoms with Crippen molar-refractivity contribution in [2.45, 2.75) is 221 Å². The summed E-state index contributed by atoms with van der Waals surface area (Å²) in [4.78, 5) is 0. The third kappa shape index (κ3) is 123. The molecular weight excluding hydrogens is 470 g/mol. The van der Waals surface area contributed by atoms with Crippen molar-refractivity contribution in [3.05, 3.63) is 0 Å². The second-order valence-corrected chi connectivity index (χ2v) is 11.0. The minimum atomic E-state index is 0.898. The minimum Gasteiger partial charge on any atom is -0.333 e. The van der Waals surface area contributed by atoms with Crippen molar-refractivity contribution >= 4 is 0 Å². The van der Waals surface area contributed by atoms with Gasteiger partial charge in [-0.2, -0.15) is 0 Å². The van der Waals surface area contributed by atoms with Crippen LogP contribution in [0.2, 0.25) is 0 Å². The van der Waals surface area contributed by atoms with E-state index in [1.54, 1.807) is 0 Å². The summed E-state index contributed by atoms with van der Waals surface area (Å²) in [6.45, 7) is 39.0. The predicted molar refractivity (Wildman–Crippen MR) is 195 cm³/mol. The van der Waals surface area contributed by atoms with Crippen LogP contribution in [0.25, 0.3) is 0 Å². The molecular formula is C38H93N. The van der Waals surface area contributed by atoms with Crippen LogP contribution in [-0.2, 0) is 0 Å². The van der Waals surface area contributed by atoms with Crippen molar-refractivity contribution in [2.24, 2.45) is 29.4 Å². The molecule has 1 heteroatoms. The molecule has 0 bridgehead atoms. The molecule has 0 aromatic carbocycles. The van der Waals surface area contributed by atoms with Gasteiger partial charge in [-0.1, -0.05) is 221 Å². The minimum absolute atomic E-state index is 0.898. The first-order valence-corrected chi connectivity index (χ1v) is 18.2. The lowest BCUT2D eigenvalue weighted by atomic mass is 10.0. The quantitative estimate of drug-likeness (QED) is 0.197. The third-order valence-electron chi connectivity index (χ3n) is 5.57. The first-order valence-electron chi connectivity index (χ1n) is 18.2. The van der Waals surface area contributed by atoms with E-state index in [1.807, 2.05) is 41.5 Å². The lowest BCUT2D eigenvalue weighted by Crippen LogP contribution is -1.88. The molecule has 0 amide bonds. The maximum atomic E-state index is 4.50. The van der Waals surface area contributed by atoms with Crippen LogP contribution in [0.1, 0.15) is 221 Å². The molecule has 0 radical (unpaired) electrons. The second-order valence-electron chi connectivity index (χ2n) is 11.0. The fraction of sp³-hybridized carbons (Fsp3) is 1.00. The maximum Gasteiger partial charge on any atom is -0.0195 e. The first kappa shape index (κ1) is 58.6. The zero-order chi connectivity index (χ0) is 32.9. The van der Waals surface area contributed by atoms with Crippen LogP contribution in [0.15, 0.2) is 0 Å². The molecule has 0 heterocycles. The van der Waals surface area contributed by atoms with Gasteiger partial charge in [-0.25, -0.2) is 0 Å². The molecule has 0 rings (SSSR count). The van der Waals surface area contributed by atoms with Crippen molar-refractivity contribution in [3.8, 4) is 0 Å². The molecule has 39 heavy (non-hydrogen) atoms. The number of nitrogens with two attached hydrogens (primary N) is 1. The van der Waals surface area contributed by atoms with Gasteiger partial charge in [0.2, 0.25) is 0 Å². The molecule has 0 aliphatic rings. The van der Waals surface area contributed by atoms with Crippen LogP contribution < -0.4 is 5.73 Å². The summed E-state index contributed by atoms with van der Waals surface area (Å²) in [5.74, 6) is 3.63. The average molecular weight is 564 g/mol. The number of hydrogen-bond acceptors (Lipinski definition) is 1. The van der Waals surface area contributed by atoms with Crippen molar-refractivity contribution in [1.29, 1.82) is 0 Å². The fourth-order valence-electron chi connectivity index (χ4n) is 3.03. The Morgan fingerprint density at radius 2 is 0.590 bits per heavy atom. The van der Waals surface area contributed by atoms with Gasteiger partial charge < -0.3 is 5.73 Å². The molecule has 0 atom stereocenters. The van der Waals surface area contributed by atoms with E-state index in [4.69, 9.17) is 0 Å². The van der Waals surface area contributed by atoms with Crippen molar-refractivity contribution in [1.82, 2.24) is 0 Å². The van der Waals surface area contributed by atoms with Crippen molar-refractivity contribution in [3.63, 3.8) is 0 Å². The third-order valence-corrected chi connectivity index (χ3v) is 5.57. The number of hydrogen-bond donors (Lipinski definition) is 1. The van der Waals surface area contributed by atoms with Crippen LogP contribution in [-0.4, -0.2) is 7.05 Å². The zero-order valence-corrected chi connectivity index (χ0v) is 32.5. The van der Waals surface area contributed by atoms with Crippen molar-refractivity contribution < 1.29 is 0 Å². The van der Waals surface area contributed by atoms with Crippen molar-refractivity contribution in [2.75, 3.05) is 7.05 Å². The maximum absolute atomic E-state index is 4.50. The van der Waals surface area contributed by atoms with Gasteiger partial charge >= 0.3 is 0 Å². The molecule has 0 aromatic rings. The van der Waals surface area contributed by atoms with Crippen LogP contribution >= 0.6 is 0 Å². The Morgan fingerprint density at radius 3 is 0.692 bits per heavy atom. The molecule has 0 aromatic heterocycles. The summed E-state index contributed by atoms with van der Waals surface area (Å²) < 4.78 is 0. The van der Waals surface area contributed by atoms with E-state index in [2.05, 4.69) is 88.8 Å². The number of rotatable bonds is 15. The van der Waals surface area contributed by atoms with E-state index in [9.17, 15) is 0 Å². The van der Waals surface area contributed by atoms with E-state index < -0.39 is 0 Å². The largest absolute Gasteiger partial charge is 0.333 e. The van der Waals surface area contributed by atoms with Gasteiger partial charge in [-0.15, -0.1) is 0 Å². The van der Waals surface area contributed by atoms with Gasteiger partial charge in [-0.3, -0.25) is 0 Å². The molecule has 2 N–H and O–H groups in total. The van der Waals surface area contributed by atoms with Gasteiger partial charge in [0.05, 0.1) is 0 Å². The Labute approximate surface area is 257 Å². The Bertz CT molecular complexity index is 237. The predicted octanol–water partition coefficient (Wildman–Crippen LogP) is 15.2. The van der Waals surface area contributed by atoms with Crippen LogP contribution in [0.5, 0.6) is 0 Å². The standard InChI is InChI=1S/C16H34.2C6H14.C3H8.3C2H6.CH5N/c1-15(2)13-11-9-7-5-6-8-10-12-14-16(3)4;1-4-5-6(2)3;1-4-6(3)5-2;1-3-2;4*1-2/h15-16H,5-14H2,1-4H3;2*6H,4-5H2,1-3H3;3H2,1-2H3;3*1-2H3;2H2,1H3. The molecule has 0 spiro atoms. The summed E-state index contributed by atoms with van der Waals surface area (Å²) in [6, 6.07) is 0. The van der Waals surface area contributed by atoms with E-state index in [-0.39, 0.29) is 0 Å². The van der Waals surface area contributed by atoms with E-state index >= 15 is 0 Å².